The molecule has 220 valence electrons. The van der Waals surface area contributed by atoms with Crippen molar-refractivity contribution in [1.82, 2.24) is 0 Å². The van der Waals surface area contributed by atoms with Gasteiger partial charge in [-0.3, -0.25) is 4.79 Å². The first-order valence-electron chi connectivity index (χ1n) is 11.8. The first-order valence-corrected chi connectivity index (χ1v) is 13.2. The molecule has 2 aliphatic carbocycles. The van der Waals surface area contributed by atoms with Crippen molar-refractivity contribution in [2.45, 2.75) is 73.8 Å². The number of carbonyl (C=O) groups is 1. The van der Waals surface area contributed by atoms with E-state index in [0.29, 0.717) is 30.6 Å². The Labute approximate surface area is 216 Å². The molecule has 1 aromatic rings. The minimum absolute atomic E-state index is 0.0359. The zero-order valence-electron chi connectivity index (χ0n) is 20.1. The quantitative estimate of drug-likeness (QED) is 0.317. The van der Waals surface area contributed by atoms with Gasteiger partial charge in [-0.1, -0.05) is 6.07 Å². The van der Waals surface area contributed by atoms with Gasteiger partial charge < -0.3 is 14.0 Å². The van der Waals surface area contributed by atoms with Crippen LogP contribution in [0, 0.1) is 17.8 Å². The molecule has 39 heavy (non-hydrogen) atoms. The average molecular weight is 598 g/mol. The van der Waals surface area contributed by atoms with Crippen molar-refractivity contribution >= 4 is 16.1 Å². The van der Waals surface area contributed by atoms with Crippen molar-refractivity contribution in [3.05, 3.63) is 29.3 Å². The van der Waals surface area contributed by atoms with Crippen molar-refractivity contribution in [3.8, 4) is 5.75 Å². The Kier molecular flexibility index (Phi) is 6.97. The molecule has 1 saturated heterocycles. The number of rotatable bonds is 7. The summed E-state index contributed by atoms with van der Waals surface area (Å²) in [6, 6.07) is 2.92. The number of aryl methyl sites for hydroxylation is 1. The third-order valence-corrected chi connectivity index (χ3v) is 9.39. The lowest BCUT2D eigenvalue weighted by Gasteiger charge is -2.51. The summed E-state index contributed by atoms with van der Waals surface area (Å²) in [4.78, 5) is 11.6. The fourth-order valence-corrected chi connectivity index (χ4v) is 7.34. The largest absolute Gasteiger partial charge is 0.481 e. The number of aliphatic carboxylic acids is 1. The molecular weight excluding hydrogens is 575 g/mol. The summed E-state index contributed by atoms with van der Waals surface area (Å²) in [5, 5.41) is 2.50. The van der Waals surface area contributed by atoms with Crippen LogP contribution in [-0.2, 0) is 26.1 Å². The van der Waals surface area contributed by atoms with Crippen LogP contribution in [0.5, 0.6) is 5.75 Å². The lowest BCUT2D eigenvalue weighted by Crippen LogP contribution is -2.63. The molecule has 0 bridgehead atoms. The lowest BCUT2D eigenvalue weighted by atomic mass is 9.54. The van der Waals surface area contributed by atoms with Gasteiger partial charge in [0.2, 0.25) is 0 Å². The fourth-order valence-electron chi connectivity index (χ4n) is 6.44. The van der Waals surface area contributed by atoms with Crippen molar-refractivity contribution in [2.24, 2.45) is 17.8 Å². The smallest absolute Gasteiger partial charge is 0.460 e. The Hall–Kier alpha value is -2.23. The van der Waals surface area contributed by atoms with E-state index in [1.54, 1.807) is 0 Å². The predicted octanol–water partition coefficient (Wildman–Crippen LogP) is 5.76. The second-order valence-electron chi connectivity index (χ2n) is 10.4. The number of alkyl halides is 9. The Balaban J connectivity index is 1.66. The summed E-state index contributed by atoms with van der Waals surface area (Å²) < 4.78 is 153. The maximum absolute atomic E-state index is 14.1. The van der Waals surface area contributed by atoms with Gasteiger partial charge in [0.25, 0.3) is 0 Å². The highest BCUT2D eigenvalue weighted by molar-refractivity contribution is 7.88. The van der Waals surface area contributed by atoms with Crippen LogP contribution in [0.25, 0.3) is 0 Å². The molecule has 3 unspecified atom stereocenters. The monoisotopic (exact) mass is 598 g/mol. The van der Waals surface area contributed by atoms with Gasteiger partial charge in [-0.15, -0.1) is 0 Å². The predicted molar refractivity (Wildman–Crippen MR) is 114 cm³/mol. The second-order valence-corrected chi connectivity index (χ2v) is 12.0. The topological polar surface area (TPSA) is 89.9 Å². The Morgan fingerprint density at radius 3 is 2.31 bits per heavy atom. The summed E-state index contributed by atoms with van der Waals surface area (Å²) in [6.45, 7) is 2.39. The zero-order valence-corrected chi connectivity index (χ0v) is 20.9. The van der Waals surface area contributed by atoms with Crippen LogP contribution in [0.2, 0.25) is 0 Å². The standard InChI is InChI=1S/C23H23F9O6S/c1-19-10-12(9-17(33)34)18-14-5-3-13(8-11(14)2-4-15(18)16(19)6-7-37-19)38-39(35,36)23(31,32)21(26,27)20(24,25)22(28,29)30/h3,5,8,12,15-16,18H,2,4,6-7,9-10H2,1H3,(H,33,34)/t12-,15?,16?,18?,19+/m1/s1. The van der Waals surface area contributed by atoms with Crippen LogP contribution in [0.15, 0.2) is 18.2 Å². The van der Waals surface area contributed by atoms with Crippen LogP contribution in [0.1, 0.15) is 49.7 Å². The highest BCUT2D eigenvalue weighted by Gasteiger charge is 2.86. The van der Waals surface area contributed by atoms with Gasteiger partial charge in [0.05, 0.1) is 5.60 Å². The number of hydrogen-bond acceptors (Lipinski definition) is 5. The molecule has 0 amide bonds. The van der Waals surface area contributed by atoms with Crippen LogP contribution in [-0.4, -0.2) is 55.0 Å². The molecule has 4 rings (SSSR count). The Bertz CT molecular complexity index is 1250. The van der Waals surface area contributed by atoms with Gasteiger partial charge in [-0.25, -0.2) is 0 Å². The summed E-state index contributed by atoms with van der Waals surface area (Å²) in [6.07, 6.45) is -5.62. The maximum atomic E-state index is 14.1. The zero-order chi connectivity index (χ0) is 29.4. The molecule has 0 radical (unpaired) electrons. The van der Waals surface area contributed by atoms with Crippen molar-refractivity contribution < 1.29 is 66.8 Å². The number of hydrogen-bond donors (Lipinski definition) is 1. The van der Waals surface area contributed by atoms with Gasteiger partial charge in [0.1, 0.15) is 5.75 Å². The number of carboxylic acid groups (broad SMARTS) is 1. The summed E-state index contributed by atoms with van der Waals surface area (Å²) in [5.41, 5.74) is 0.319. The van der Waals surface area contributed by atoms with E-state index in [1.807, 2.05) is 6.92 Å². The fraction of sp³-hybridized carbons (Fsp3) is 0.696. The van der Waals surface area contributed by atoms with Gasteiger partial charge >= 0.3 is 39.4 Å². The van der Waals surface area contributed by atoms with E-state index in [2.05, 4.69) is 4.18 Å². The third-order valence-electron chi connectivity index (χ3n) is 8.09. The average Bonchev–Trinajstić information content (AvgIpc) is 3.18. The van der Waals surface area contributed by atoms with E-state index in [4.69, 9.17) is 4.74 Å². The van der Waals surface area contributed by atoms with Crippen LogP contribution in [0.3, 0.4) is 0 Å². The maximum Gasteiger partial charge on any atom is 0.460 e. The molecule has 3 aliphatic rings. The van der Waals surface area contributed by atoms with Crippen molar-refractivity contribution in [1.29, 1.82) is 0 Å². The molecule has 1 heterocycles. The molecular formula is C23H23F9O6S. The molecule has 5 atom stereocenters. The van der Waals surface area contributed by atoms with Gasteiger partial charge in [0, 0.05) is 13.0 Å². The second kappa shape index (κ2) is 9.14. The molecule has 2 fully saturated rings. The summed E-state index contributed by atoms with van der Waals surface area (Å²) in [7, 11) is -7.07. The van der Waals surface area contributed by atoms with Gasteiger partial charge in [-0.2, -0.15) is 47.9 Å². The van der Waals surface area contributed by atoms with Gasteiger partial charge in [0.15, 0.2) is 0 Å². The molecule has 1 saturated carbocycles. The first kappa shape index (κ1) is 29.7. The van der Waals surface area contributed by atoms with Crippen LogP contribution in [0.4, 0.5) is 39.5 Å². The van der Waals surface area contributed by atoms with Crippen LogP contribution >= 0.6 is 0 Å². The van der Waals surface area contributed by atoms with E-state index in [9.17, 15) is 57.8 Å². The number of benzene rings is 1. The summed E-state index contributed by atoms with van der Waals surface area (Å²) >= 11 is 0. The molecule has 0 aromatic heterocycles. The molecule has 6 nitrogen and oxygen atoms in total. The summed E-state index contributed by atoms with van der Waals surface area (Å²) in [5.74, 6) is -17.6. The molecule has 1 aliphatic heterocycles. The van der Waals surface area contributed by atoms with E-state index < -0.39 is 56.6 Å². The minimum atomic E-state index is -7.40. The molecule has 16 heteroatoms. The molecule has 1 N–H and O–H groups in total. The SMILES string of the molecule is C[C@]12C[C@@H](CC(=O)O)C3c4ccc(OS(=O)(=O)C(F)(F)C(F)(F)C(F)(F)C(F)(F)F)cc4CCC3C1CCO2. The Morgan fingerprint density at radius 2 is 1.72 bits per heavy atom. The van der Waals surface area contributed by atoms with E-state index in [0.717, 1.165) is 18.6 Å². The van der Waals surface area contributed by atoms with Crippen LogP contribution < -0.4 is 4.18 Å². The highest BCUT2D eigenvalue weighted by atomic mass is 32.2. The first-order chi connectivity index (χ1) is 17.7. The van der Waals surface area contributed by atoms with Crippen molar-refractivity contribution in [3.63, 3.8) is 0 Å². The van der Waals surface area contributed by atoms with E-state index in [-0.39, 0.29) is 30.6 Å². The number of ether oxygens (including phenoxy) is 1. The third kappa shape index (κ3) is 4.54. The number of carboxylic acids is 1. The van der Waals surface area contributed by atoms with E-state index in [1.165, 1.54) is 6.07 Å². The lowest BCUT2D eigenvalue weighted by molar-refractivity contribution is -0.382. The normalized spacial score (nSPS) is 29.8. The molecule has 1 aromatic carbocycles. The van der Waals surface area contributed by atoms with Crippen molar-refractivity contribution in [2.75, 3.05) is 6.61 Å². The highest BCUT2D eigenvalue weighted by Crippen LogP contribution is 2.59. The Morgan fingerprint density at radius 1 is 1.08 bits per heavy atom. The number of fused-ring (bicyclic) bond motifs is 5. The van der Waals surface area contributed by atoms with E-state index >= 15 is 0 Å². The van der Waals surface area contributed by atoms with Gasteiger partial charge in [-0.05, 0) is 79.5 Å². The molecule has 0 spiro atoms. The minimum Gasteiger partial charge on any atom is -0.481 e. The number of halogens is 9.